The average Bonchev–Trinajstić information content (AvgIpc) is 2.86. The minimum absolute atomic E-state index is 0.215. The molecule has 0 saturated heterocycles. The number of carbonyl (C=O) groups excluding carboxylic acids is 1. The summed E-state index contributed by atoms with van der Waals surface area (Å²) in [5, 5.41) is 6.98. The summed E-state index contributed by atoms with van der Waals surface area (Å²) >= 11 is 11.8. The van der Waals surface area contributed by atoms with Crippen LogP contribution in [-0.4, -0.2) is 34.9 Å². The Balaban J connectivity index is 1.70. The highest BCUT2D eigenvalue weighted by atomic mass is 35.5. The van der Waals surface area contributed by atoms with Gasteiger partial charge in [-0.1, -0.05) is 35.9 Å². The number of rotatable bonds is 3. The van der Waals surface area contributed by atoms with Crippen LogP contribution in [0.4, 0.5) is 11.5 Å². The number of hydrogen-bond donors (Lipinski definition) is 2. The largest absolute Gasteiger partial charge is 0.333 e. The highest BCUT2D eigenvalue weighted by molar-refractivity contribution is 7.80. The molecule has 1 aliphatic heterocycles. The molecule has 2 aliphatic rings. The number of fused-ring (bicyclic) bond motifs is 1. The normalized spacial score (nSPS) is 18.0. The van der Waals surface area contributed by atoms with Crippen molar-refractivity contribution in [2.24, 2.45) is 4.99 Å². The third-order valence-corrected chi connectivity index (χ3v) is 5.68. The van der Waals surface area contributed by atoms with Gasteiger partial charge in [0, 0.05) is 23.8 Å². The molecule has 1 aliphatic carbocycles. The van der Waals surface area contributed by atoms with Crippen LogP contribution in [0.15, 0.2) is 65.3 Å². The van der Waals surface area contributed by atoms with Crippen LogP contribution >= 0.6 is 23.8 Å². The molecule has 0 saturated carbocycles. The standard InChI is InChI=1S/C23H22ClN5OS/c1-14-7-6-12-25-20(14)27-23(31)28-21-22(30)29(2)18-11-10-16(24)13-17(18)19(26-21)15-8-4-3-5-9-15/h3-4,6-8,10-13,21H,5,9H2,1-2H3,(H2,25,27,28,31). The van der Waals surface area contributed by atoms with Gasteiger partial charge in [0.15, 0.2) is 5.11 Å². The summed E-state index contributed by atoms with van der Waals surface area (Å²) < 4.78 is 0. The van der Waals surface area contributed by atoms with E-state index < -0.39 is 6.17 Å². The Morgan fingerprint density at radius 3 is 2.90 bits per heavy atom. The van der Waals surface area contributed by atoms with E-state index in [1.165, 1.54) is 0 Å². The van der Waals surface area contributed by atoms with Gasteiger partial charge in [0.05, 0.1) is 11.4 Å². The molecule has 4 rings (SSSR count). The Kier molecular flexibility index (Phi) is 6.15. The van der Waals surface area contributed by atoms with Crippen molar-refractivity contribution in [1.82, 2.24) is 10.3 Å². The Morgan fingerprint density at radius 2 is 2.16 bits per heavy atom. The van der Waals surface area contributed by atoms with Gasteiger partial charge >= 0.3 is 0 Å². The smallest absolute Gasteiger partial charge is 0.272 e. The lowest BCUT2D eigenvalue weighted by Gasteiger charge is -2.22. The van der Waals surface area contributed by atoms with Gasteiger partial charge in [-0.05, 0) is 67.4 Å². The van der Waals surface area contributed by atoms with E-state index in [1.807, 2.05) is 43.3 Å². The number of pyridine rings is 1. The minimum Gasteiger partial charge on any atom is -0.333 e. The predicted molar refractivity (Wildman–Crippen MR) is 130 cm³/mol. The van der Waals surface area contributed by atoms with Crippen molar-refractivity contribution in [3.05, 3.63) is 76.5 Å². The van der Waals surface area contributed by atoms with Crippen LogP contribution in [0.25, 0.3) is 0 Å². The van der Waals surface area contributed by atoms with Gasteiger partial charge in [-0.15, -0.1) is 0 Å². The molecule has 1 aromatic heterocycles. The fourth-order valence-electron chi connectivity index (χ4n) is 3.58. The van der Waals surface area contributed by atoms with Crippen LogP contribution in [-0.2, 0) is 4.79 Å². The van der Waals surface area contributed by atoms with Crippen LogP contribution < -0.4 is 15.5 Å². The van der Waals surface area contributed by atoms with Gasteiger partial charge < -0.3 is 15.5 Å². The topological polar surface area (TPSA) is 69.6 Å². The molecule has 1 atom stereocenters. The summed E-state index contributed by atoms with van der Waals surface area (Å²) in [6.07, 6.45) is 8.71. The van der Waals surface area contributed by atoms with Gasteiger partial charge in [0.2, 0.25) is 6.17 Å². The monoisotopic (exact) mass is 451 g/mol. The zero-order chi connectivity index (χ0) is 22.0. The van der Waals surface area contributed by atoms with Crippen molar-refractivity contribution >= 4 is 52.1 Å². The number of likely N-dealkylation sites (N-methyl/N-ethyl adjacent to an activating group) is 1. The number of aliphatic imine (C=N–C) groups is 1. The summed E-state index contributed by atoms with van der Waals surface area (Å²) in [6.45, 7) is 1.93. The van der Waals surface area contributed by atoms with Gasteiger partial charge in [0.25, 0.3) is 5.91 Å². The number of allylic oxidation sites excluding steroid dienone is 4. The SMILES string of the molecule is Cc1cccnc1NC(=S)NC1N=C(C2=CC=CCC2)c2cc(Cl)ccc2N(C)C1=O. The van der Waals surface area contributed by atoms with Crippen molar-refractivity contribution in [3.63, 3.8) is 0 Å². The number of carbonyl (C=O) groups is 1. The van der Waals surface area contributed by atoms with Gasteiger partial charge in [0.1, 0.15) is 5.82 Å². The third-order valence-electron chi connectivity index (χ3n) is 5.22. The van der Waals surface area contributed by atoms with Gasteiger partial charge in [-0.2, -0.15) is 0 Å². The molecule has 0 radical (unpaired) electrons. The second kappa shape index (κ2) is 8.99. The first-order chi connectivity index (χ1) is 14.9. The first-order valence-electron chi connectivity index (χ1n) is 9.94. The molecule has 1 unspecified atom stereocenters. The molecule has 1 amide bonds. The molecule has 8 heteroatoms. The number of halogens is 1. The predicted octanol–water partition coefficient (Wildman–Crippen LogP) is 4.40. The zero-order valence-electron chi connectivity index (χ0n) is 17.2. The van der Waals surface area contributed by atoms with Crippen LogP contribution in [0, 0.1) is 6.92 Å². The van der Waals surface area contributed by atoms with E-state index >= 15 is 0 Å². The maximum Gasteiger partial charge on any atom is 0.272 e. The van der Waals surface area contributed by atoms with Crippen LogP contribution in [0.2, 0.25) is 5.02 Å². The molecule has 6 nitrogen and oxygen atoms in total. The van der Waals surface area contributed by atoms with Crippen molar-refractivity contribution in [2.75, 3.05) is 17.3 Å². The number of benzodiazepines with no additional fused rings is 1. The number of aryl methyl sites for hydroxylation is 1. The lowest BCUT2D eigenvalue weighted by Crippen LogP contribution is -2.47. The summed E-state index contributed by atoms with van der Waals surface area (Å²) in [4.78, 5) is 24.0. The average molecular weight is 452 g/mol. The Bertz CT molecular complexity index is 1140. The zero-order valence-corrected chi connectivity index (χ0v) is 18.8. The van der Waals surface area contributed by atoms with Crippen molar-refractivity contribution in [1.29, 1.82) is 0 Å². The number of anilines is 2. The summed E-state index contributed by atoms with van der Waals surface area (Å²) in [6, 6.07) is 9.27. The molecule has 1 aromatic carbocycles. The molecule has 0 spiro atoms. The third kappa shape index (κ3) is 4.52. The second-order valence-corrected chi connectivity index (χ2v) is 8.21. The number of aromatic nitrogens is 1. The second-order valence-electron chi connectivity index (χ2n) is 7.37. The van der Waals surface area contributed by atoms with E-state index in [0.717, 1.165) is 40.9 Å². The Morgan fingerprint density at radius 1 is 1.32 bits per heavy atom. The molecule has 0 bridgehead atoms. The van der Waals surface area contributed by atoms with E-state index in [-0.39, 0.29) is 11.0 Å². The summed E-state index contributed by atoms with van der Waals surface area (Å²) in [5.74, 6) is 0.418. The van der Waals surface area contributed by atoms with Crippen LogP contribution in [0.3, 0.4) is 0 Å². The molecule has 0 fully saturated rings. The van der Waals surface area contributed by atoms with Crippen molar-refractivity contribution in [2.45, 2.75) is 25.9 Å². The van der Waals surface area contributed by atoms with Crippen LogP contribution in [0.1, 0.15) is 24.0 Å². The van der Waals surface area contributed by atoms with E-state index in [4.69, 9.17) is 28.8 Å². The first-order valence-corrected chi connectivity index (χ1v) is 10.7. The lowest BCUT2D eigenvalue weighted by molar-refractivity contribution is -0.119. The van der Waals surface area contributed by atoms with Crippen molar-refractivity contribution < 1.29 is 4.79 Å². The van der Waals surface area contributed by atoms with Crippen LogP contribution in [0.5, 0.6) is 0 Å². The lowest BCUT2D eigenvalue weighted by atomic mass is 9.94. The minimum atomic E-state index is -0.887. The van der Waals surface area contributed by atoms with E-state index in [1.54, 1.807) is 24.2 Å². The molecule has 31 heavy (non-hydrogen) atoms. The summed E-state index contributed by atoms with van der Waals surface area (Å²) in [7, 11) is 1.73. The highest BCUT2D eigenvalue weighted by Gasteiger charge is 2.31. The molecular weight excluding hydrogens is 430 g/mol. The maximum absolute atomic E-state index is 13.3. The number of benzene rings is 1. The maximum atomic E-state index is 13.3. The fraction of sp³-hybridized carbons (Fsp3) is 0.217. The van der Waals surface area contributed by atoms with E-state index in [9.17, 15) is 4.79 Å². The number of nitrogens with zero attached hydrogens (tertiary/aromatic N) is 3. The molecule has 2 N–H and O–H groups in total. The Hall–Kier alpha value is -3.03. The summed E-state index contributed by atoms with van der Waals surface area (Å²) in [5.41, 5.74) is 4.33. The van der Waals surface area contributed by atoms with Crippen molar-refractivity contribution in [3.8, 4) is 0 Å². The number of hydrogen-bond acceptors (Lipinski definition) is 4. The number of thiocarbonyl (C=S) groups is 1. The highest BCUT2D eigenvalue weighted by Crippen LogP contribution is 2.31. The first kappa shape index (κ1) is 21.2. The quantitative estimate of drug-likeness (QED) is 0.677. The molecule has 2 aromatic rings. The number of nitrogens with one attached hydrogen (secondary N) is 2. The molecular formula is C23H22ClN5OS. The molecule has 158 valence electrons. The fourth-order valence-corrected chi connectivity index (χ4v) is 3.96. The van der Waals surface area contributed by atoms with Gasteiger partial charge in [-0.3, -0.25) is 4.79 Å². The van der Waals surface area contributed by atoms with Gasteiger partial charge in [-0.25, -0.2) is 9.98 Å². The van der Waals surface area contributed by atoms with E-state index in [2.05, 4.69) is 21.7 Å². The number of amides is 1. The Labute approximate surface area is 191 Å². The molecule has 2 heterocycles. The van der Waals surface area contributed by atoms with E-state index in [0.29, 0.717) is 10.8 Å².